The van der Waals surface area contributed by atoms with Gasteiger partial charge in [-0.05, 0) is 36.6 Å². The summed E-state index contributed by atoms with van der Waals surface area (Å²) < 4.78 is 0. The number of aromatic hydroxyl groups is 1. The summed E-state index contributed by atoms with van der Waals surface area (Å²) in [6, 6.07) is 6.26. The molecule has 0 radical (unpaired) electrons. The number of phenolic OH excluding ortho intramolecular Hbond substituents is 1. The summed E-state index contributed by atoms with van der Waals surface area (Å²) >= 11 is 0. The van der Waals surface area contributed by atoms with Crippen molar-refractivity contribution < 1.29 is 14.7 Å². The summed E-state index contributed by atoms with van der Waals surface area (Å²) in [4.78, 5) is 23.1. The van der Waals surface area contributed by atoms with Crippen LogP contribution in [0.5, 0.6) is 5.75 Å². The van der Waals surface area contributed by atoms with Crippen molar-refractivity contribution >= 4 is 17.5 Å². The maximum atomic E-state index is 11.6. The molecule has 19 heavy (non-hydrogen) atoms. The van der Waals surface area contributed by atoms with Gasteiger partial charge in [-0.1, -0.05) is 6.92 Å². The largest absolute Gasteiger partial charge is 0.508 e. The number of carbonyl (C=O) groups excluding carboxylic acids is 2. The lowest BCUT2D eigenvalue weighted by atomic mass is 10.3. The van der Waals surface area contributed by atoms with Crippen molar-refractivity contribution in [2.75, 3.05) is 11.9 Å². The number of carbonyl (C=O) groups is 2. The van der Waals surface area contributed by atoms with E-state index in [2.05, 4.69) is 10.6 Å². The second-order valence-corrected chi connectivity index (χ2v) is 4.96. The lowest BCUT2D eigenvalue weighted by molar-refractivity contribution is -0.122. The third-order valence-corrected chi connectivity index (χ3v) is 3.25. The molecule has 2 amide bonds. The Kier molecular flexibility index (Phi) is 4.04. The van der Waals surface area contributed by atoms with Crippen LogP contribution in [0, 0.1) is 11.8 Å². The summed E-state index contributed by atoms with van der Waals surface area (Å²) in [6.45, 7) is 2.40. The number of phenols is 1. The van der Waals surface area contributed by atoms with E-state index in [1.54, 1.807) is 12.1 Å². The Morgan fingerprint density at radius 3 is 2.53 bits per heavy atom. The molecule has 1 aromatic rings. The fourth-order valence-electron chi connectivity index (χ4n) is 1.89. The fraction of sp³-hybridized carbons (Fsp3) is 0.429. The lowest BCUT2D eigenvalue weighted by Gasteiger charge is -2.06. The molecule has 0 heterocycles. The topological polar surface area (TPSA) is 78.4 Å². The third kappa shape index (κ3) is 3.98. The van der Waals surface area contributed by atoms with E-state index in [0.717, 1.165) is 6.42 Å². The molecule has 1 saturated carbocycles. The number of rotatable bonds is 5. The highest BCUT2D eigenvalue weighted by atomic mass is 16.3. The molecule has 102 valence electrons. The molecule has 0 aliphatic heterocycles. The Hall–Kier alpha value is -2.04. The quantitative estimate of drug-likeness (QED) is 0.703. The maximum Gasteiger partial charge on any atom is 0.226 e. The molecule has 0 bridgehead atoms. The number of hydrogen-bond donors (Lipinski definition) is 3. The normalized spacial score (nSPS) is 20.7. The van der Waals surface area contributed by atoms with Crippen LogP contribution in [0.3, 0.4) is 0 Å². The average Bonchev–Trinajstić information content (AvgIpc) is 3.09. The van der Waals surface area contributed by atoms with E-state index in [4.69, 9.17) is 5.11 Å². The minimum atomic E-state index is -0.158. The van der Waals surface area contributed by atoms with E-state index in [9.17, 15) is 9.59 Å². The van der Waals surface area contributed by atoms with E-state index in [0.29, 0.717) is 18.2 Å². The Bertz CT molecular complexity index is 470. The summed E-state index contributed by atoms with van der Waals surface area (Å²) in [5.74, 6) is 0.662. The summed E-state index contributed by atoms with van der Waals surface area (Å²) in [6.07, 6.45) is 1.19. The second-order valence-electron chi connectivity index (χ2n) is 4.96. The SMILES string of the molecule is CC1CC1C(=O)NCCC(=O)Nc1ccc(O)cc1. The van der Waals surface area contributed by atoms with Crippen molar-refractivity contribution in [2.45, 2.75) is 19.8 Å². The molecule has 1 fully saturated rings. The zero-order valence-corrected chi connectivity index (χ0v) is 10.8. The van der Waals surface area contributed by atoms with E-state index in [1.807, 2.05) is 6.92 Å². The lowest BCUT2D eigenvalue weighted by Crippen LogP contribution is -2.29. The smallest absolute Gasteiger partial charge is 0.226 e. The van der Waals surface area contributed by atoms with Crippen molar-refractivity contribution in [1.82, 2.24) is 5.32 Å². The van der Waals surface area contributed by atoms with E-state index in [1.165, 1.54) is 12.1 Å². The van der Waals surface area contributed by atoms with E-state index >= 15 is 0 Å². The first-order valence-corrected chi connectivity index (χ1v) is 6.43. The average molecular weight is 262 g/mol. The molecule has 0 aromatic heterocycles. The van der Waals surface area contributed by atoms with Crippen LogP contribution in [0.25, 0.3) is 0 Å². The standard InChI is InChI=1S/C14H18N2O3/c1-9-8-12(9)14(19)15-7-6-13(18)16-10-2-4-11(17)5-3-10/h2-5,9,12,17H,6-8H2,1H3,(H,15,19)(H,16,18). The van der Waals surface area contributed by atoms with Gasteiger partial charge in [0.05, 0.1) is 0 Å². The Labute approximate surface area is 112 Å². The minimum absolute atomic E-state index is 0.0462. The predicted molar refractivity (Wildman–Crippen MR) is 71.6 cm³/mol. The van der Waals surface area contributed by atoms with E-state index in [-0.39, 0.29) is 29.9 Å². The minimum Gasteiger partial charge on any atom is -0.508 e. The zero-order valence-electron chi connectivity index (χ0n) is 10.8. The highest BCUT2D eigenvalue weighted by molar-refractivity contribution is 5.91. The summed E-state index contributed by atoms with van der Waals surface area (Å²) in [5, 5.41) is 14.6. The molecule has 2 rings (SSSR count). The van der Waals surface area contributed by atoms with Gasteiger partial charge in [-0.3, -0.25) is 9.59 Å². The first-order valence-electron chi connectivity index (χ1n) is 6.43. The molecule has 1 aliphatic rings. The monoisotopic (exact) mass is 262 g/mol. The molecular formula is C14H18N2O3. The summed E-state index contributed by atoms with van der Waals surface area (Å²) in [5.41, 5.74) is 0.630. The van der Waals surface area contributed by atoms with Crippen molar-refractivity contribution in [3.63, 3.8) is 0 Å². The third-order valence-electron chi connectivity index (χ3n) is 3.25. The van der Waals surface area contributed by atoms with Gasteiger partial charge >= 0.3 is 0 Å². The molecule has 1 aliphatic carbocycles. The molecule has 0 saturated heterocycles. The van der Waals surface area contributed by atoms with Crippen molar-refractivity contribution in [2.24, 2.45) is 11.8 Å². The molecule has 0 spiro atoms. The number of nitrogens with one attached hydrogen (secondary N) is 2. The van der Waals surface area contributed by atoms with Crippen LogP contribution in [-0.4, -0.2) is 23.5 Å². The Morgan fingerprint density at radius 1 is 1.32 bits per heavy atom. The molecule has 1 aromatic carbocycles. The van der Waals surface area contributed by atoms with Crippen LogP contribution in [0.2, 0.25) is 0 Å². The second kappa shape index (κ2) is 5.73. The van der Waals surface area contributed by atoms with Gasteiger partial charge in [0.1, 0.15) is 5.75 Å². The van der Waals surface area contributed by atoms with Crippen LogP contribution in [0.4, 0.5) is 5.69 Å². The number of amides is 2. The predicted octanol–water partition coefficient (Wildman–Crippen LogP) is 1.49. The maximum absolute atomic E-state index is 11.6. The zero-order chi connectivity index (χ0) is 13.8. The molecular weight excluding hydrogens is 244 g/mol. The van der Waals surface area contributed by atoms with Gasteiger partial charge < -0.3 is 15.7 Å². The highest BCUT2D eigenvalue weighted by Gasteiger charge is 2.38. The molecule has 2 atom stereocenters. The number of anilines is 1. The first kappa shape index (κ1) is 13.4. The van der Waals surface area contributed by atoms with Gasteiger partial charge in [0.15, 0.2) is 0 Å². The van der Waals surface area contributed by atoms with Gasteiger partial charge in [0, 0.05) is 24.6 Å². The van der Waals surface area contributed by atoms with Crippen LogP contribution >= 0.6 is 0 Å². The molecule has 5 heteroatoms. The van der Waals surface area contributed by atoms with Crippen molar-refractivity contribution in [3.8, 4) is 5.75 Å². The molecule has 5 nitrogen and oxygen atoms in total. The van der Waals surface area contributed by atoms with Crippen LogP contribution in [-0.2, 0) is 9.59 Å². The van der Waals surface area contributed by atoms with Crippen LogP contribution < -0.4 is 10.6 Å². The Balaban J connectivity index is 1.67. The van der Waals surface area contributed by atoms with Crippen molar-refractivity contribution in [3.05, 3.63) is 24.3 Å². The molecule has 3 N–H and O–H groups in total. The van der Waals surface area contributed by atoms with Crippen LogP contribution in [0.15, 0.2) is 24.3 Å². The summed E-state index contributed by atoms with van der Waals surface area (Å²) in [7, 11) is 0. The van der Waals surface area contributed by atoms with Crippen LogP contribution in [0.1, 0.15) is 19.8 Å². The van der Waals surface area contributed by atoms with Gasteiger partial charge in [0.25, 0.3) is 0 Å². The van der Waals surface area contributed by atoms with Gasteiger partial charge in [0.2, 0.25) is 11.8 Å². The Morgan fingerprint density at radius 2 is 1.95 bits per heavy atom. The highest BCUT2D eigenvalue weighted by Crippen LogP contribution is 2.37. The van der Waals surface area contributed by atoms with Crippen molar-refractivity contribution in [1.29, 1.82) is 0 Å². The first-order chi connectivity index (χ1) is 9.06. The van der Waals surface area contributed by atoms with Gasteiger partial charge in [-0.15, -0.1) is 0 Å². The van der Waals surface area contributed by atoms with Gasteiger partial charge in [-0.2, -0.15) is 0 Å². The fourth-order valence-corrected chi connectivity index (χ4v) is 1.89. The van der Waals surface area contributed by atoms with E-state index < -0.39 is 0 Å². The number of benzene rings is 1. The molecule has 2 unspecified atom stereocenters. The van der Waals surface area contributed by atoms with Gasteiger partial charge in [-0.25, -0.2) is 0 Å². The number of hydrogen-bond acceptors (Lipinski definition) is 3.